The van der Waals surface area contributed by atoms with Crippen LogP contribution in [0.15, 0.2) is 54.7 Å². The molecule has 1 saturated heterocycles. The van der Waals surface area contributed by atoms with E-state index in [0.29, 0.717) is 30.3 Å². The van der Waals surface area contributed by atoms with Crippen LogP contribution >= 0.6 is 11.6 Å². The maximum atomic E-state index is 12.4. The third-order valence-electron chi connectivity index (χ3n) is 5.39. The van der Waals surface area contributed by atoms with Crippen LogP contribution in [0, 0.1) is 5.92 Å². The van der Waals surface area contributed by atoms with Crippen molar-refractivity contribution in [2.75, 3.05) is 24.5 Å². The van der Waals surface area contributed by atoms with Crippen molar-refractivity contribution in [2.45, 2.75) is 12.8 Å². The summed E-state index contributed by atoms with van der Waals surface area (Å²) in [6, 6.07) is 14.8. The molecule has 31 heavy (non-hydrogen) atoms. The second kappa shape index (κ2) is 9.22. The molecule has 7 nitrogen and oxygen atoms in total. The fourth-order valence-corrected chi connectivity index (χ4v) is 4.01. The van der Waals surface area contributed by atoms with Crippen molar-refractivity contribution in [1.29, 1.82) is 0 Å². The molecule has 0 radical (unpaired) electrons. The summed E-state index contributed by atoms with van der Waals surface area (Å²) in [5.74, 6) is -0.825. The number of benzene rings is 2. The molecule has 4 rings (SSSR count). The number of fused-ring (bicyclic) bond motifs is 1. The van der Waals surface area contributed by atoms with E-state index in [1.165, 1.54) is 0 Å². The molecule has 1 aromatic heterocycles. The number of hydrogen-bond donors (Lipinski definition) is 3. The van der Waals surface area contributed by atoms with Crippen LogP contribution < -0.4 is 15.5 Å². The number of para-hydroxylation sites is 1. The largest absolute Gasteiger partial charge is 0.361 e. The van der Waals surface area contributed by atoms with Crippen LogP contribution in [0.1, 0.15) is 12.0 Å². The maximum Gasteiger partial charge on any atom is 0.227 e. The van der Waals surface area contributed by atoms with E-state index < -0.39 is 5.92 Å². The molecule has 1 aliphatic heterocycles. The summed E-state index contributed by atoms with van der Waals surface area (Å²) in [4.78, 5) is 41.7. The monoisotopic (exact) mass is 438 g/mol. The zero-order chi connectivity index (χ0) is 21.8. The van der Waals surface area contributed by atoms with Gasteiger partial charge < -0.3 is 20.5 Å². The average Bonchev–Trinajstić information content (AvgIpc) is 3.35. The molecule has 160 valence electrons. The summed E-state index contributed by atoms with van der Waals surface area (Å²) in [6.07, 6.45) is 2.27. The fraction of sp³-hybridized carbons (Fsp3) is 0.261. The Morgan fingerprint density at radius 2 is 1.90 bits per heavy atom. The molecule has 1 fully saturated rings. The first-order valence-electron chi connectivity index (χ1n) is 10.2. The molecule has 2 heterocycles. The number of amides is 3. The summed E-state index contributed by atoms with van der Waals surface area (Å²) in [6.45, 7) is 0.948. The molecule has 3 aromatic rings. The molecular weight excluding hydrogens is 416 g/mol. The molecule has 1 atom stereocenters. The van der Waals surface area contributed by atoms with Gasteiger partial charge >= 0.3 is 0 Å². The van der Waals surface area contributed by atoms with E-state index in [1.54, 1.807) is 29.2 Å². The number of H-pyrrole nitrogens is 1. The van der Waals surface area contributed by atoms with Gasteiger partial charge in [-0.25, -0.2) is 0 Å². The standard InChI is InChI=1S/C23H23ClN4O3/c24-17-4-3-5-18(12-17)28-14-16(11-22(28)30)23(31)26-9-8-25-21(29)10-15-13-27-20-7-2-1-6-19(15)20/h1-7,12-13,16,27H,8-11,14H2,(H,25,29)(H,26,31). The molecule has 1 unspecified atom stereocenters. The number of aromatic nitrogens is 1. The third kappa shape index (κ3) is 4.88. The number of halogens is 1. The van der Waals surface area contributed by atoms with E-state index in [2.05, 4.69) is 15.6 Å². The van der Waals surface area contributed by atoms with Crippen LogP contribution in [0.4, 0.5) is 5.69 Å². The number of carbonyl (C=O) groups is 3. The van der Waals surface area contributed by atoms with Gasteiger partial charge in [-0.15, -0.1) is 0 Å². The zero-order valence-electron chi connectivity index (χ0n) is 16.9. The maximum absolute atomic E-state index is 12.4. The van der Waals surface area contributed by atoms with Gasteiger partial charge in [0.2, 0.25) is 17.7 Å². The number of hydrogen-bond acceptors (Lipinski definition) is 3. The van der Waals surface area contributed by atoms with Crippen molar-refractivity contribution < 1.29 is 14.4 Å². The zero-order valence-corrected chi connectivity index (χ0v) is 17.6. The summed E-state index contributed by atoms with van der Waals surface area (Å²) in [5, 5.41) is 7.20. The number of aromatic amines is 1. The van der Waals surface area contributed by atoms with Gasteiger partial charge in [-0.2, -0.15) is 0 Å². The molecule has 3 N–H and O–H groups in total. The smallest absolute Gasteiger partial charge is 0.227 e. The lowest BCUT2D eigenvalue weighted by Crippen LogP contribution is -2.38. The fourth-order valence-electron chi connectivity index (χ4n) is 3.82. The van der Waals surface area contributed by atoms with Crippen LogP contribution in [0.3, 0.4) is 0 Å². The van der Waals surface area contributed by atoms with Crippen molar-refractivity contribution in [3.8, 4) is 0 Å². The lowest BCUT2D eigenvalue weighted by molar-refractivity contribution is -0.126. The van der Waals surface area contributed by atoms with Crippen LogP contribution in [-0.4, -0.2) is 42.3 Å². The van der Waals surface area contributed by atoms with Crippen molar-refractivity contribution >= 4 is 45.9 Å². The Morgan fingerprint density at radius 1 is 1.10 bits per heavy atom. The van der Waals surface area contributed by atoms with Gasteiger partial charge in [-0.1, -0.05) is 35.9 Å². The summed E-state index contributed by atoms with van der Waals surface area (Å²) in [7, 11) is 0. The molecule has 2 aromatic carbocycles. The normalized spacial score (nSPS) is 16.0. The van der Waals surface area contributed by atoms with Crippen LogP contribution in [0.25, 0.3) is 10.9 Å². The number of rotatable bonds is 7. The molecule has 0 aliphatic carbocycles. The Balaban J connectivity index is 1.21. The molecule has 1 aliphatic rings. The van der Waals surface area contributed by atoms with E-state index in [4.69, 9.17) is 11.6 Å². The van der Waals surface area contributed by atoms with Gasteiger partial charge in [0.15, 0.2) is 0 Å². The number of nitrogens with one attached hydrogen (secondary N) is 3. The Morgan fingerprint density at radius 3 is 2.74 bits per heavy atom. The van der Waals surface area contributed by atoms with Gasteiger partial charge in [-0.3, -0.25) is 14.4 Å². The molecule has 3 amide bonds. The highest BCUT2D eigenvalue weighted by molar-refractivity contribution is 6.31. The Kier molecular flexibility index (Phi) is 6.23. The first kappa shape index (κ1) is 20.9. The van der Waals surface area contributed by atoms with E-state index >= 15 is 0 Å². The minimum atomic E-state index is -0.423. The predicted octanol–water partition coefficient (Wildman–Crippen LogP) is 2.65. The molecular formula is C23H23ClN4O3. The highest BCUT2D eigenvalue weighted by Gasteiger charge is 2.35. The van der Waals surface area contributed by atoms with Crippen molar-refractivity contribution in [2.24, 2.45) is 5.92 Å². The van der Waals surface area contributed by atoms with Gasteiger partial charge in [0.25, 0.3) is 0 Å². The average molecular weight is 439 g/mol. The van der Waals surface area contributed by atoms with Crippen LogP contribution in [0.2, 0.25) is 5.02 Å². The number of carbonyl (C=O) groups excluding carboxylic acids is 3. The second-order valence-corrected chi connectivity index (χ2v) is 8.00. The van der Waals surface area contributed by atoms with Crippen LogP contribution in [-0.2, 0) is 20.8 Å². The van der Waals surface area contributed by atoms with Crippen molar-refractivity contribution in [3.63, 3.8) is 0 Å². The lowest BCUT2D eigenvalue weighted by atomic mass is 10.1. The predicted molar refractivity (Wildman–Crippen MR) is 120 cm³/mol. The van der Waals surface area contributed by atoms with Crippen LogP contribution in [0.5, 0.6) is 0 Å². The third-order valence-corrected chi connectivity index (χ3v) is 5.62. The van der Waals surface area contributed by atoms with Gasteiger partial charge in [-0.05, 0) is 29.8 Å². The number of anilines is 1. The molecule has 0 spiro atoms. The van der Waals surface area contributed by atoms with E-state index in [0.717, 1.165) is 16.5 Å². The van der Waals surface area contributed by atoms with E-state index in [1.807, 2.05) is 30.5 Å². The van der Waals surface area contributed by atoms with Gasteiger partial charge in [0.1, 0.15) is 0 Å². The molecule has 8 heteroatoms. The SMILES string of the molecule is O=C(Cc1c[nH]c2ccccc12)NCCNC(=O)C1CC(=O)N(c2cccc(Cl)c2)C1. The second-order valence-electron chi connectivity index (χ2n) is 7.56. The summed E-state index contributed by atoms with van der Waals surface area (Å²) >= 11 is 6.00. The first-order chi connectivity index (χ1) is 15.0. The van der Waals surface area contributed by atoms with Gasteiger partial charge in [0.05, 0.1) is 12.3 Å². The Labute approximate surface area is 184 Å². The minimum Gasteiger partial charge on any atom is -0.361 e. The lowest BCUT2D eigenvalue weighted by Gasteiger charge is -2.17. The summed E-state index contributed by atoms with van der Waals surface area (Å²) in [5.41, 5.74) is 2.62. The highest BCUT2D eigenvalue weighted by Crippen LogP contribution is 2.27. The van der Waals surface area contributed by atoms with E-state index in [9.17, 15) is 14.4 Å². The molecule has 0 saturated carbocycles. The first-order valence-corrected chi connectivity index (χ1v) is 10.5. The Hall–Kier alpha value is -3.32. The van der Waals surface area contributed by atoms with Gasteiger partial charge in [0, 0.05) is 53.9 Å². The summed E-state index contributed by atoms with van der Waals surface area (Å²) < 4.78 is 0. The number of nitrogens with zero attached hydrogens (tertiary/aromatic N) is 1. The minimum absolute atomic E-state index is 0.102. The van der Waals surface area contributed by atoms with E-state index in [-0.39, 0.29) is 30.6 Å². The highest BCUT2D eigenvalue weighted by atomic mass is 35.5. The molecule has 0 bridgehead atoms. The van der Waals surface area contributed by atoms with Crippen molar-refractivity contribution in [3.05, 3.63) is 65.3 Å². The van der Waals surface area contributed by atoms with Crippen molar-refractivity contribution in [1.82, 2.24) is 15.6 Å². The quantitative estimate of drug-likeness (QED) is 0.495. The topological polar surface area (TPSA) is 94.3 Å². The Bertz CT molecular complexity index is 1130.